The number of aliphatic hydroxyl groups excluding tert-OH is 1. The molecule has 0 saturated carbocycles. The molecule has 2 unspecified atom stereocenters. The molecule has 0 radical (unpaired) electrons. The highest BCUT2D eigenvalue weighted by atomic mass is 32.2. The summed E-state index contributed by atoms with van der Waals surface area (Å²) < 4.78 is 26.2. The number of benzene rings is 1. The van der Waals surface area contributed by atoms with Gasteiger partial charge in [-0.15, -0.1) is 0 Å². The summed E-state index contributed by atoms with van der Waals surface area (Å²) in [6.07, 6.45) is -0.806. The van der Waals surface area contributed by atoms with E-state index in [4.69, 9.17) is 5.73 Å². The maximum atomic E-state index is 12.0. The second-order valence-corrected chi connectivity index (χ2v) is 6.23. The molecule has 20 heavy (non-hydrogen) atoms. The minimum absolute atomic E-state index is 0.0596. The number of amides is 1. The van der Waals surface area contributed by atoms with Crippen LogP contribution >= 0.6 is 0 Å². The quantitative estimate of drug-likeness (QED) is 0.571. The zero-order valence-corrected chi connectivity index (χ0v) is 12.1. The molecule has 8 heteroatoms. The Morgan fingerprint density at radius 3 is 2.35 bits per heavy atom. The van der Waals surface area contributed by atoms with Gasteiger partial charge < -0.3 is 16.2 Å². The van der Waals surface area contributed by atoms with Crippen LogP contribution in [0.15, 0.2) is 29.2 Å². The van der Waals surface area contributed by atoms with Gasteiger partial charge in [0, 0.05) is 25.2 Å². The number of hydrogen-bond acceptors (Lipinski definition) is 5. The van der Waals surface area contributed by atoms with Crippen LogP contribution in [0, 0.1) is 0 Å². The first kappa shape index (κ1) is 16.6. The van der Waals surface area contributed by atoms with Gasteiger partial charge >= 0.3 is 0 Å². The van der Waals surface area contributed by atoms with Gasteiger partial charge in [0.1, 0.15) is 0 Å². The lowest BCUT2D eigenvalue weighted by molar-refractivity contribution is -0.114. The van der Waals surface area contributed by atoms with Crippen molar-refractivity contribution in [3.8, 4) is 0 Å². The molecular weight excluding hydrogens is 282 g/mol. The number of anilines is 1. The predicted molar refractivity (Wildman–Crippen MR) is 75.6 cm³/mol. The molecule has 0 aliphatic carbocycles. The van der Waals surface area contributed by atoms with Crippen molar-refractivity contribution < 1.29 is 18.3 Å². The molecule has 0 aromatic heterocycles. The predicted octanol–water partition coefficient (Wildman–Crippen LogP) is -0.369. The van der Waals surface area contributed by atoms with E-state index in [0.29, 0.717) is 5.69 Å². The minimum atomic E-state index is -3.69. The standard InChI is InChI=1S/C12H19N3O4S/c1-8(16)12(13)7-14-20(18,19)11-5-3-10(4-6-11)15-9(2)17/h3-6,8,12,14,16H,7,13H2,1-2H3,(H,15,17). The molecule has 7 nitrogen and oxygen atoms in total. The van der Waals surface area contributed by atoms with E-state index in [-0.39, 0.29) is 17.3 Å². The van der Waals surface area contributed by atoms with Crippen LogP contribution < -0.4 is 15.8 Å². The molecular formula is C12H19N3O4S. The highest BCUT2D eigenvalue weighted by Crippen LogP contribution is 2.13. The molecule has 0 heterocycles. The fraction of sp³-hybridized carbons (Fsp3) is 0.417. The van der Waals surface area contributed by atoms with Crippen LogP contribution in [0.5, 0.6) is 0 Å². The maximum absolute atomic E-state index is 12.0. The van der Waals surface area contributed by atoms with Crippen molar-refractivity contribution in [2.24, 2.45) is 5.73 Å². The Labute approximate surface area is 118 Å². The van der Waals surface area contributed by atoms with Gasteiger partial charge in [0.2, 0.25) is 15.9 Å². The first-order valence-electron chi connectivity index (χ1n) is 6.03. The summed E-state index contributed by atoms with van der Waals surface area (Å²) in [5, 5.41) is 11.7. The third-order valence-corrected chi connectivity index (χ3v) is 4.05. The van der Waals surface area contributed by atoms with Crippen LogP contribution in [0.25, 0.3) is 0 Å². The Morgan fingerprint density at radius 2 is 1.90 bits per heavy atom. The van der Waals surface area contributed by atoms with Gasteiger partial charge in [0.05, 0.1) is 11.0 Å². The average molecular weight is 301 g/mol. The SMILES string of the molecule is CC(=O)Nc1ccc(S(=O)(=O)NCC(N)C(C)O)cc1. The Bertz CT molecular complexity index is 555. The van der Waals surface area contributed by atoms with Crippen LogP contribution in [0.3, 0.4) is 0 Å². The van der Waals surface area contributed by atoms with Crippen molar-refractivity contribution >= 4 is 21.6 Å². The number of nitrogens with two attached hydrogens (primary N) is 1. The summed E-state index contributed by atoms with van der Waals surface area (Å²) in [6.45, 7) is 2.79. The molecule has 0 aliphatic rings. The van der Waals surface area contributed by atoms with Gasteiger partial charge in [-0.3, -0.25) is 4.79 Å². The van der Waals surface area contributed by atoms with E-state index < -0.39 is 22.2 Å². The Balaban J connectivity index is 2.75. The minimum Gasteiger partial charge on any atom is -0.392 e. The van der Waals surface area contributed by atoms with Crippen molar-refractivity contribution in [3.05, 3.63) is 24.3 Å². The lowest BCUT2D eigenvalue weighted by Gasteiger charge is -2.15. The topological polar surface area (TPSA) is 122 Å². The fourth-order valence-corrected chi connectivity index (χ4v) is 2.45. The van der Waals surface area contributed by atoms with Crippen molar-refractivity contribution in [1.82, 2.24) is 4.72 Å². The van der Waals surface area contributed by atoms with Gasteiger partial charge in [0.25, 0.3) is 0 Å². The average Bonchev–Trinajstić information content (AvgIpc) is 2.35. The molecule has 2 atom stereocenters. The smallest absolute Gasteiger partial charge is 0.240 e. The largest absolute Gasteiger partial charge is 0.392 e. The highest BCUT2D eigenvalue weighted by molar-refractivity contribution is 7.89. The molecule has 112 valence electrons. The number of sulfonamides is 1. The number of aliphatic hydroxyl groups is 1. The third kappa shape index (κ3) is 4.89. The summed E-state index contributed by atoms with van der Waals surface area (Å²) in [5.74, 6) is -0.235. The number of nitrogens with one attached hydrogen (secondary N) is 2. The second-order valence-electron chi connectivity index (χ2n) is 4.46. The molecule has 0 saturated heterocycles. The van der Waals surface area contributed by atoms with Crippen molar-refractivity contribution in [3.63, 3.8) is 0 Å². The van der Waals surface area contributed by atoms with E-state index in [1.54, 1.807) is 0 Å². The molecule has 0 aliphatic heterocycles. The van der Waals surface area contributed by atoms with Crippen LogP contribution in [0.4, 0.5) is 5.69 Å². The highest BCUT2D eigenvalue weighted by Gasteiger charge is 2.17. The number of hydrogen-bond donors (Lipinski definition) is 4. The molecule has 0 bridgehead atoms. The third-order valence-electron chi connectivity index (χ3n) is 2.61. The molecule has 1 aromatic rings. The Morgan fingerprint density at radius 1 is 1.35 bits per heavy atom. The summed E-state index contributed by atoms with van der Waals surface area (Å²) in [6, 6.07) is 5.06. The van der Waals surface area contributed by atoms with Crippen molar-refractivity contribution in [2.75, 3.05) is 11.9 Å². The van der Waals surface area contributed by atoms with E-state index in [1.165, 1.54) is 38.1 Å². The molecule has 0 spiro atoms. The number of rotatable bonds is 6. The van der Waals surface area contributed by atoms with Gasteiger partial charge in [-0.1, -0.05) is 0 Å². The first-order valence-corrected chi connectivity index (χ1v) is 7.51. The fourth-order valence-electron chi connectivity index (χ4n) is 1.38. The number of carbonyl (C=O) groups excluding carboxylic acids is 1. The van der Waals surface area contributed by atoms with E-state index in [9.17, 15) is 18.3 Å². The van der Waals surface area contributed by atoms with E-state index in [0.717, 1.165) is 0 Å². The van der Waals surface area contributed by atoms with E-state index in [1.807, 2.05) is 0 Å². The lowest BCUT2D eigenvalue weighted by Crippen LogP contribution is -2.43. The zero-order chi connectivity index (χ0) is 15.3. The van der Waals surface area contributed by atoms with Crippen LogP contribution in [0.2, 0.25) is 0 Å². The van der Waals surface area contributed by atoms with E-state index >= 15 is 0 Å². The van der Waals surface area contributed by atoms with Crippen LogP contribution in [-0.2, 0) is 14.8 Å². The van der Waals surface area contributed by atoms with Gasteiger partial charge in [-0.05, 0) is 31.2 Å². The summed E-state index contributed by atoms with van der Waals surface area (Å²) in [4.78, 5) is 10.9. The summed E-state index contributed by atoms with van der Waals surface area (Å²) >= 11 is 0. The van der Waals surface area contributed by atoms with E-state index in [2.05, 4.69) is 10.0 Å². The monoisotopic (exact) mass is 301 g/mol. The lowest BCUT2D eigenvalue weighted by atomic mass is 10.2. The molecule has 0 fully saturated rings. The molecule has 1 aromatic carbocycles. The molecule has 1 rings (SSSR count). The number of carbonyl (C=O) groups is 1. The summed E-state index contributed by atoms with van der Waals surface area (Å²) in [5.41, 5.74) is 6.07. The normalized spacial score (nSPS) is 14.6. The molecule has 5 N–H and O–H groups in total. The zero-order valence-electron chi connectivity index (χ0n) is 11.3. The second kappa shape index (κ2) is 6.80. The van der Waals surface area contributed by atoms with Crippen LogP contribution in [-0.4, -0.2) is 38.1 Å². The van der Waals surface area contributed by atoms with Crippen molar-refractivity contribution in [1.29, 1.82) is 0 Å². The molecule has 1 amide bonds. The summed E-state index contributed by atoms with van der Waals surface area (Å²) in [7, 11) is -3.69. The van der Waals surface area contributed by atoms with Crippen LogP contribution in [0.1, 0.15) is 13.8 Å². The van der Waals surface area contributed by atoms with Gasteiger partial charge in [-0.2, -0.15) is 0 Å². The van der Waals surface area contributed by atoms with Crippen molar-refractivity contribution in [2.45, 2.75) is 30.9 Å². The Hall–Kier alpha value is -1.48. The first-order chi connectivity index (χ1) is 9.22. The Kier molecular flexibility index (Phi) is 5.63. The maximum Gasteiger partial charge on any atom is 0.240 e. The van der Waals surface area contributed by atoms with Gasteiger partial charge in [0.15, 0.2) is 0 Å². The van der Waals surface area contributed by atoms with Gasteiger partial charge in [-0.25, -0.2) is 13.1 Å².